The third-order valence-electron chi connectivity index (χ3n) is 4.23. The van der Waals surface area contributed by atoms with Gasteiger partial charge in [0.2, 0.25) is 5.91 Å². The lowest BCUT2D eigenvalue weighted by Gasteiger charge is -2.25. The molecule has 5 nitrogen and oxygen atoms in total. The fraction of sp³-hybridized carbons (Fsp3) is 0.286. The maximum Gasteiger partial charge on any atom is 0.490 e. The van der Waals surface area contributed by atoms with Gasteiger partial charge in [-0.25, -0.2) is 9.18 Å². The van der Waals surface area contributed by atoms with Crippen LogP contribution in [0, 0.1) is 5.82 Å². The first-order chi connectivity index (χ1) is 14.2. The Morgan fingerprint density at radius 2 is 1.80 bits per heavy atom. The van der Waals surface area contributed by atoms with Gasteiger partial charge in [-0.3, -0.25) is 9.78 Å². The lowest BCUT2D eigenvalue weighted by molar-refractivity contribution is -0.192. The maximum atomic E-state index is 12.9. The maximum absolute atomic E-state index is 12.9. The number of piperidine rings is 1. The van der Waals surface area contributed by atoms with Gasteiger partial charge in [-0.2, -0.15) is 13.2 Å². The lowest BCUT2D eigenvalue weighted by Crippen LogP contribution is -2.35. The van der Waals surface area contributed by atoms with E-state index in [1.807, 2.05) is 29.2 Å². The van der Waals surface area contributed by atoms with Gasteiger partial charge in [-0.05, 0) is 48.7 Å². The summed E-state index contributed by atoms with van der Waals surface area (Å²) in [7, 11) is 0. The van der Waals surface area contributed by atoms with Gasteiger partial charge >= 0.3 is 12.1 Å². The number of nitrogens with zero attached hydrogens (tertiary/aromatic N) is 2. The number of likely N-dealkylation sites (tertiary alicyclic amines) is 1. The molecule has 160 valence electrons. The number of aromatic nitrogens is 1. The summed E-state index contributed by atoms with van der Waals surface area (Å²) >= 11 is 0. The van der Waals surface area contributed by atoms with Crippen LogP contribution in [0.25, 0.3) is 17.3 Å². The highest BCUT2D eigenvalue weighted by molar-refractivity contribution is 5.77. The molecule has 1 fully saturated rings. The average molecular weight is 424 g/mol. The van der Waals surface area contributed by atoms with E-state index in [9.17, 15) is 22.4 Å². The second-order valence-corrected chi connectivity index (χ2v) is 6.49. The van der Waals surface area contributed by atoms with Crippen molar-refractivity contribution in [2.45, 2.75) is 25.4 Å². The van der Waals surface area contributed by atoms with Crippen molar-refractivity contribution in [3.63, 3.8) is 0 Å². The molecule has 2 aromatic rings. The molecule has 30 heavy (non-hydrogen) atoms. The molecule has 0 unspecified atom stereocenters. The van der Waals surface area contributed by atoms with Gasteiger partial charge in [-0.1, -0.05) is 18.2 Å². The fourth-order valence-corrected chi connectivity index (χ4v) is 2.67. The number of hydrogen-bond donors (Lipinski definition) is 1. The average Bonchev–Trinajstić information content (AvgIpc) is 2.70. The van der Waals surface area contributed by atoms with Crippen LogP contribution in [-0.2, 0) is 9.59 Å². The highest BCUT2D eigenvalue weighted by Gasteiger charge is 2.38. The van der Waals surface area contributed by atoms with Gasteiger partial charge in [0.15, 0.2) is 0 Å². The zero-order valence-electron chi connectivity index (χ0n) is 15.9. The summed E-state index contributed by atoms with van der Waals surface area (Å²) in [5, 5.41) is 7.12. The van der Waals surface area contributed by atoms with Crippen molar-refractivity contribution >= 4 is 18.0 Å². The minimum atomic E-state index is -5.08. The summed E-state index contributed by atoms with van der Waals surface area (Å²) in [6, 6.07) is 10.2. The van der Waals surface area contributed by atoms with Gasteiger partial charge in [0.05, 0.1) is 5.69 Å². The Kier molecular flexibility index (Phi) is 8.08. The van der Waals surface area contributed by atoms with Gasteiger partial charge in [-0.15, -0.1) is 0 Å². The van der Waals surface area contributed by atoms with Crippen LogP contribution in [0.1, 0.15) is 24.8 Å². The number of pyridine rings is 1. The number of carbonyl (C=O) groups is 2. The van der Waals surface area contributed by atoms with Crippen LogP contribution < -0.4 is 0 Å². The molecule has 2 heterocycles. The highest BCUT2D eigenvalue weighted by Crippen LogP contribution is 2.18. The number of alkyl halides is 3. The largest absolute Gasteiger partial charge is 0.490 e. The predicted octanol–water partition coefficient (Wildman–Crippen LogP) is 4.55. The molecule has 1 N–H and O–H groups in total. The molecule has 0 atom stereocenters. The van der Waals surface area contributed by atoms with Crippen LogP contribution in [-0.4, -0.2) is 46.1 Å². The molecule has 1 aliphatic rings. The lowest BCUT2D eigenvalue weighted by atomic mass is 10.1. The third kappa shape index (κ3) is 7.31. The minimum Gasteiger partial charge on any atom is -0.475 e. The number of hydrogen-bond acceptors (Lipinski definition) is 3. The number of carbonyl (C=O) groups excluding carboxylic acids is 1. The van der Waals surface area contributed by atoms with E-state index in [0.717, 1.165) is 36.2 Å². The number of carboxylic acid groups (broad SMARTS) is 1. The standard InChI is InChI=1S/C19H19FN2O.C2HF3O2/c20-17-9-7-16(8-10-17)18-11-6-15(14-21-18)4-3-13-22-12-2-1-5-19(22)23;3-2(4,5)1(6)7/h3-4,6-11,14H,1-2,5,12-13H2;(H,6,7)/b4-3+;. The van der Waals surface area contributed by atoms with Gasteiger partial charge in [0.1, 0.15) is 5.82 Å². The number of halogens is 4. The van der Waals surface area contributed by atoms with E-state index < -0.39 is 12.1 Å². The highest BCUT2D eigenvalue weighted by atomic mass is 19.4. The fourth-order valence-electron chi connectivity index (χ4n) is 2.67. The SMILES string of the molecule is O=C(O)C(F)(F)F.O=C1CCCCN1C/C=C/c1ccc(-c2ccc(F)cc2)nc1. The molecule has 1 aliphatic heterocycles. The van der Waals surface area contributed by atoms with Crippen LogP contribution in [0.15, 0.2) is 48.7 Å². The normalized spacial score (nSPS) is 14.4. The van der Waals surface area contributed by atoms with Gasteiger partial charge < -0.3 is 10.0 Å². The third-order valence-corrected chi connectivity index (χ3v) is 4.23. The van der Waals surface area contributed by atoms with Crippen molar-refractivity contribution in [1.29, 1.82) is 0 Å². The first-order valence-electron chi connectivity index (χ1n) is 9.13. The smallest absolute Gasteiger partial charge is 0.475 e. The molecule has 0 radical (unpaired) electrons. The van der Waals surface area contributed by atoms with E-state index in [1.165, 1.54) is 12.1 Å². The summed E-state index contributed by atoms with van der Waals surface area (Å²) in [6.45, 7) is 1.50. The van der Waals surface area contributed by atoms with Gasteiger partial charge in [0.25, 0.3) is 0 Å². The quantitative estimate of drug-likeness (QED) is 0.732. The first kappa shape index (κ1) is 23.1. The monoisotopic (exact) mass is 424 g/mol. The van der Waals surface area contributed by atoms with Crippen molar-refractivity contribution in [3.8, 4) is 11.3 Å². The number of carboxylic acids is 1. The minimum absolute atomic E-state index is 0.241. The van der Waals surface area contributed by atoms with Crippen molar-refractivity contribution in [3.05, 3.63) is 60.1 Å². The van der Waals surface area contributed by atoms with Crippen LogP contribution in [0.4, 0.5) is 17.6 Å². The second kappa shape index (κ2) is 10.5. The first-order valence-corrected chi connectivity index (χ1v) is 9.13. The molecular formula is C21H20F4N2O3. The van der Waals surface area contributed by atoms with Crippen LogP contribution in [0.3, 0.4) is 0 Å². The molecule has 1 amide bonds. The van der Waals surface area contributed by atoms with Gasteiger partial charge in [0, 0.05) is 31.3 Å². The van der Waals surface area contributed by atoms with E-state index in [4.69, 9.17) is 9.90 Å². The van der Waals surface area contributed by atoms with Crippen molar-refractivity contribution < 1.29 is 32.3 Å². The zero-order valence-corrected chi connectivity index (χ0v) is 15.9. The molecule has 3 rings (SSSR count). The molecular weight excluding hydrogens is 404 g/mol. The molecule has 0 saturated carbocycles. The molecule has 0 aliphatic carbocycles. The van der Waals surface area contributed by atoms with Crippen molar-refractivity contribution in [2.75, 3.05) is 13.1 Å². The number of amides is 1. The zero-order chi connectivity index (χ0) is 22.1. The van der Waals surface area contributed by atoms with Crippen molar-refractivity contribution in [1.82, 2.24) is 9.88 Å². The van der Waals surface area contributed by atoms with E-state index in [0.29, 0.717) is 13.0 Å². The summed E-state index contributed by atoms with van der Waals surface area (Å²) in [5.74, 6) is -2.77. The Morgan fingerprint density at radius 1 is 1.13 bits per heavy atom. The van der Waals surface area contributed by atoms with Crippen molar-refractivity contribution in [2.24, 2.45) is 0 Å². The number of rotatable bonds is 4. The molecule has 1 aromatic carbocycles. The summed E-state index contributed by atoms with van der Waals surface area (Å²) in [4.78, 5) is 26.9. The summed E-state index contributed by atoms with van der Waals surface area (Å²) in [6.07, 6.45) is 3.44. The van der Waals surface area contributed by atoms with Crippen LogP contribution >= 0.6 is 0 Å². The predicted molar refractivity (Wildman–Crippen MR) is 103 cm³/mol. The van der Waals surface area contributed by atoms with E-state index in [2.05, 4.69) is 4.98 Å². The molecule has 1 aromatic heterocycles. The summed E-state index contributed by atoms with van der Waals surface area (Å²) < 4.78 is 44.7. The number of aliphatic carboxylic acids is 1. The van der Waals surface area contributed by atoms with E-state index in [1.54, 1.807) is 18.3 Å². The Labute approximate surface area is 170 Å². The van der Waals surface area contributed by atoms with Crippen LogP contribution in [0.2, 0.25) is 0 Å². The second-order valence-electron chi connectivity index (χ2n) is 6.49. The van der Waals surface area contributed by atoms with E-state index >= 15 is 0 Å². The van der Waals surface area contributed by atoms with Crippen LogP contribution in [0.5, 0.6) is 0 Å². The molecule has 1 saturated heterocycles. The molecule has 0 spiro atoms. The Bertz CT molecular complexity index is 879. The summed E-state index contributed by atoms with van der Waals surface area (Å²) in [5.41, 5.74) is 2.69. The Hall–Kier alpha value is -3.23. The molecule has 0 bridgehead atoms. The Balaban J connectivity index is 0.000000396. The Morgan fingerprint density at radius 3 is 2.33 bits per heavy atom. The molecule has 9 heteroatoms. The topological polar surface area (TPSA) is 70.5 Å². The van der Waals surface area contributed by atoms with E-state index in [-0.39, 0.29) is 11.7 Å². The number of benzene rings is 1.